The number of fused-ring (bicyclic) bond motifs is 1. The molecule has 0 bridgehead atoms. The molecule has 1 aromatic carbocycles. The summed E-state index contributed by atoms with van der Waals surface area (Å²) in [6.07, 6.45) is 2.17. The molecular weight excluding hydrogens is 286 g/mol. The molecule has 0 radical (unpaired) electrons. The average Bonchev–Trinajstić information content (AvgIpc) is 2.72. The molecule has 1 unspecified atom stereocenters. The molecule has 1 heterocycles. The number of benzene rings is 1. The van der Waals surface area contributed by atoms with Gasteiger partial charge in [0, 0.05) is 25.8 Å². The quantitative estimate of drug-likeness (QED) is 0.917. The summed E-state index contributed by atoms with van der Waals surface area (Å²) < 4.78 is 25.3. The highest BCUT2D eigenvalue weighted by atomic mass is 32.2. The summed E-state index contributed by atoms with van der Waals surface area (Å²) in [7, 11) is -1.26. The van der Waals surface area contributed by atoms with E-state index in [1.807, 2.05) is 17.7 Å². The number of aromatic nitrogens is 2. The van der Waals surface area contributed by atoms with Gasteiger partial charge < -0.3 is 10.3 Å². The minimum Gasteiger partial charge on any atom is -0.331 e. The smallest absolute Gasteiger partial charge is 0.175 e. The standard InChI is InChI=1S/C15H23N3O2S/c1-10(2)7-11(9-16)15-17-13-8-12(21(4,19)20)5-6-14(13)18(15)3/h5-6,8,10-11H,7,9,16H2,1-4H3. The van der Waals surface area contributed by atoms with E-state index >= 15 is 0 Å². The third-order valence-corrected chi connectivity index (χ3v) is 4.83. The van der Waals surface area contributed by atoms with Gasteiger partial charge in [0.05, 0.1) is 15.9 Å². The first-order chi connectivity index (χ1) is 9.74. The molecule has 0 spiro atoms. The van der Waals surface area contributed by atoms with E-state index in [2.05, 4.69) is 18.8 Å². The Morgan fingerprint density at radius 1 is 1.33 bits per heavy atom. The Bertz CT molecular complexity index is 748. The predicted molar refractivity (Wildman–Crippen MR) is 85.1 cm³/mol. The summed E-state index contributed by atoms with van der Waals surface area (Å²) in [5.74, 6) is 1.64. The zero-order valence-electron chi connectivity index (χ0n) is 13.0. The van der Waals surface area contributed by atoms with Crippen molar-refractivity contribution in [2.45, 2.75) is 31.1 Å². The minimum absolute atomic E-state index is 0.184. The highest BCUT2D eigenvalue weighted by molar-refractivity contribution is 7.90. The normalized spacial score (nSPS) is 14.0. The van der Waals surface area contributed by atoms with E-state index in [0.29, 0.717) is 22.9 Å². The van der Waals surface area contributed by atoms with Crippen molar-refractivity contribution < 1.29 is 8.42 Å². The average molecular weight is 309 g/mol. The Morgan fingerprint density at radius 3 is 2.52 bits per heavy atom. The summed E-state index contributed by atoms with van der Waals surface area (Å²) >= 11 is 0. The lowest BCUT2D eigenvalue weighted by Crippen LogP contribution is -2.18. The lowest BCUT2D eigenvalue weighted by Gasteiger charge is -2.16. The second-order valence-corrected chi connectivity index (χ2v) is 8.03. The second-order valence-electron chi connectivity index (χ2n) is 6.01. The van der Waals surface area contributed by atoms with Crippen molar-refractivity contribution in [2.24, 2.45) is 18.7 Å². The van der Waals surface area contributed by atoms with Gasteiger partial charge in [0.25, 0.3) is 0 Å². The third kappa shape index (κ3) is 3.27. The Balaban J connectivity index is 2.54. The zero-order chi connectivity index (χ0) is 15.8. The number of sulfone groups is 1. The van der Waals surface area contributed by atoms with Gasteiger partial charge in [-0.25, -0.2) is 13.4 Å². The van der Waals surface area contributed by atoms with Gasteiger partial charge in [-0.15, -0.1) is 0 Å². The van der Waals surface area contributed by atoms with E-state index in [-0.39, 0.29) is 5.92 Å². The summed E-state index contributed by atoms with van der Waals surface area (Å²) in [4.78, 5) is 4.93. The second kappa shape index (κ2) is 5.77. The largest absolute Gasteiger partial charge is 0.331 e. The highest BCUT2D eigenvalue weighted by Gasteiger charge is 2.19. The molecule has 0 amide bonds. The molecule has 0 aliphatic carbocycles. The Labute approximate surface area is 126 Å². The molecule has 0 fully saturated rings. The van der Waals surface area contributed by atoms with E-state index < -0.39 is 9.84 Å². The number of aryl methyl sites for hydroxylation is 1. The number of nitrogens with zero attached hydrogens (tertiary/aromatic N) is 2. The Morgan fingerprint density at radius 2 is 2.00 bits per heavy atom. The maximum Gasteiger partial charge on any atom is 0.175 e. The lowest BCUT2D eigenvalue weighted by molar-refractivity contribution is 0.480. The summed E-state index contributed by atoms with van der Waals surface area (Å²) in [6, 6.07) is 5.07. The van der Waals surface area contributed by atoms with Crippen LogP contribution >= 0.6 is 0 Å². The lowest BCUT2D eigenvalue weighted by atomic mass is 9.96. The number of imidazole rings is 1. The number of hydrogen-bond donors (Lipinski definition) is 1. The van der Waals surface area contributed by atoms with Gasteiger partial charge in [0.1, 0.15) is 5.82 Å². The van der Waals surface area contributed by atoms with Crippen LogP contribution in [0.3, 0.4) is 0 Å². The van der Waals surface area contributed by atoms with Crippen LogP contribution in [-0.4, -0.2) is 30.8 Å². The molecule has 2 N–H and O–H groups in total. The number of nitrogens with two attached hydrogens (primary N) is 1. The van der Waals surface area contributed by atoms with E-state index in [0.717, 1.165) is 17.8 Å². The van der Waals surface area contributed by atoms with Gasteiger partial charge in [-0.05, 0) is 30.5 Å². The van der Waals surface area contributed by atoms with Gasteiger partial charge in [-0.1, -0.05) is 13.8 Å². The van der Waals surface area contributed by atoms with Crippen molar-refractivity contribution in [1.29, 1.82) is 0 Å². The molecule has 2 rings (SSSR count). The molecule has 21 heavy (non-hydrogen) atoms. The van der Waals surface area contributed by atoms with E-state index in [9.17, 15) is 8.42 Å². The van der Waals surface area contributed by atoms with Crippen LogP contribution in [0.2, 0.25) is 0 Å². The van der Waals surface area contributed by atoms with Crippen LogP contribution in [0.5, 0.6) is 0 Å². The van der Waals surface area contributed by atoms with Crippen molar-refractivity contribution >= 4 is 20.9 Å². The van der Waals surface area contributed by atoms with Gasteiger partial charge in [0.2, 0.25) is 0 Å². The third-order valence-electron chi connectivity index (χ3n) is 3.72. The van der Waals surface area contributed by atoms with Crippen LogP contribution in [0.1, 0.15) is 32.0 Å². The fourth-order valence-corrected chi connectivity index (χ4v) is 3.31. The van der Waals surface area contributed by atoms with Gasteiger partial charge in [-0.2, -0.15) is 0 Å². The van der Waals surface area contributed by atoms with Gasteiger partial charge in [0.15, 0.2) is 9.84 Å². The molecule has 0 aliphatic rings. The summed E-state index contributed by atoms with van der Waals surface area (Å²) in [5, 5.41) is 0. The molecule has 116 valence electrons. The summed E-state index contributed by atoms with van der Waals surface area (Å²) in [6.45, 7) is 4.86. The van der Waals surface area contributed by atoms with Crippen molar-refractivity contribution in [1.82, 2.24) is 9.55 Å². The molecule has 1 atom stereocenters. The van der Waals surface area contributed by atoms with Crippen LogP contribution in [0.25, 0.3) is 11.0 Å². The fourth-order valence-electron chi connectivity index (χ4n) is 2.67. The van der Waals surface area contributed by atoms with Gasteiger partial charge >= 0.3 is 0 Å². The molecule has 5 nitrogen and oxygen atoms in total. The van der Waals surface area contributed by atoms with Crippen LogP contribution in [0.4, 0.5) is 0 Å². The highest BCUT2D eigenvalue weighted by Crippen LogP contribution is 2.26. The SMILES string of the molecule is CC(C)CC(CN)c1nc2cc(S(C)(=O)=O)ccc2n1C. The van der Waals surface area contributed by atoms with Crippen LogP contribution in [0, 0.1) is 5.92 Å². The van der Waals surface area contributed by atoms with Crippen LogP contribution in [0.15, 0.2) is 23.1 Å². The van der Waals surface area contributed by atoms with E-state index in [1.54, 1.807) is 12.1 Å². The van der Waals surface area contributed by atoms with Crippen molar-refractivity contribution in [3.05, 3.63) is 24.0 Å². The van der Waals surface area contributed by atoms with Crippen molar-refractivity contribution in [3.63, 3.8) is 0 Å². The molecule has 0 saturated carbocycles. The zero-order valence-corrected chi connectivity index (χ0v) is 13.8. The van der Waals surface area contributed by atoms with E-state index in [1.165, 1.54) is 6.26 Å². The van der Waals surface area contributed by atoms with Gasteiger partial charge in [-0.3, -0.25) is 0 Å². The Kier molecular flexibility index (Phi) is 4.39. The first-order valence-electron chi connectivity index (χ1n) is 7.10. The maximum absolute atomic E-state index is 11.6. The van der Waals surface area contributed by atoms with E-state index in [4.69, 9.17) is 5.73 Å². The van der Waals surface area contributed by atoms with Crippen LogP contribution < -0.4 is 5.73 Å². The predicted octanol–water partition coefficient (Wildman–Crippen LogP) is 2.07. The fraction of sp³-hybridized carbons (Fsp3) is 0.533. The molecule has 6 heteroatoms. The first kappa shape index (κ1) is 16.0. The van der Waals surface area contributed by atoms with Crippen LogP contribution in [-0.2, 0) is 16.9 Å². The molecule has 0 saturated heterocycles. The molecule has 2 aromatic rings. The molecule has 1 aromatic heterocycles. The Hall–Kier alpha value is -1.40. The molecule has 0 aliphatic heterocycles. The molecular formula is C15H23N3O2S. The van der Waals surface area contributed by atoms with Crippen molar-refractivity contribution in [2.75, 3.05) is 12.8 Å². The summed E-state index contributed by atoms with van der Waals surface area (Å²) in [5.41, 5.74) is 7.53. The topological polar surface area (TPSA) is 78.0 Å². The minimum atomic E-state index is -3.22. The van der Waals surface area contributed by atoms with Crippen molar-refractivity contribution in [3.8, 4) is 0 Å². The number of rotatable bonds is 5. The first-order valence-corrected chi connectivity index (χ1v) is 8.99. The maximum atomic E-state index is 11.6. The number of hydrogen-bond acceptors (Lipinski definition) is 4. The monoisotopic (exact) mass is 309 g/mol.